The molecule has 0 aliphatic heterocycles. The number of rotatable bonds is 5. The molecule has 0 saturated carbocycles. The van der Waals surface area contributed by atoms with Gasteiger partial charge in [-0.1, -0.05) is 0 Å². The van der Waals surface area contributed by atoms with Crippen LogP contribution < -0.4 is 10.1 Å². The van der Waals surface area contributed by atoms with Gasteiger partial charge in [-0.05, 0) is 13.1 Å². The molecule has 0 saturated heterocycles. The Labute approximate surface area is 116 Å². The number of aromatic nitrogens is 5. The highest BCUT2D eigenvalue weighted by atomic mass is 16.5. The summed E-state index contributed by atoms with van der Waals surface area (Å²) < 4.78 is 9.24. The Balaban J connectivity index is 2.01. The molecular weight excluding hydrogens is 256 g/mol. The molecule has 3 heterocycles. The molecule has 0 atom stereocenters. The van der Waals surface area contributed by atoms with Crippen molar-refractivity contribution in [2.75, 3.05) is 20.2 Å². The average molecular weight is 272 g/mol. The third-order valence-corrected chi connectivity index (χ3v) is 2.95. The molecule has 1 N–H and O–H groups in total. The molecule has 0 spiro atoms. The molecule has 3 aromatic rings. The molecule has 7 nitrogen and oxygen atoms in total. The van der Waals surface area contributed by atoms with Crippen LogP contribution in [0.1, 0.15) is 0 Å². The van der Waals surface area contributed by atoms with Crippen molar-refractivity contribution in [2.24, 2.45) is 7.05 Å². The molecule has 0 aliphatic rings. The molecule has 0 bridgehead atoms. The van der Waals surface area contributed by atoms with Gasteiger partial charge in [-0.3, -0.25) is 4.68 Å². The summed E-state index contributed by atoms with van der Waals surface area (Å²) in [5, 5.41) is 11.5. The molecular formula is C13H16N6O. The largest absolute Gasteiger partial charge is 0.475 e. The van der Waals surface area contributed by atoms with Gasteiger partial charge < -0.3 is 10.1 Å². The van der Waals surface area contributed by atoms with Crippen molar-refractivity contribution in [1.29, 1.82) is 0 Å². The third-order valence-electron chi connectivity index (χ3n) is 2.95. The van der Waals surface area contributed by atoms with Gasteiger partial charge in [0.05, 0.1) is 24.3 Å². The predicted molar refractivity (Wildman–Crippen MR) is 74.6 cm³/mol. The fourth-order valence-electron chi connectivity index (χ4n) is 1.95. The van der Waals surface area contributed by atoms with Gasteiger partial charge in [0, 0.05) is 25.4 Å². The molecule has 7 heteroatoms. The number of ether oxygens (including phenoxy) is 1. The molecule has 0 unspecified atom stereocenters. The fraction of sp³-hybridized carbons (Fsp3) is 0.308. The summed E-state index contributed by atoms with van der Waals surface area (Å²) in [6.45, 7) is 1.32. The minimum absolute atomic E-state index is 0.556. The molecule has 3 aromatic heterocycles. The van der Waals surface area contributed by atoms with Crippen LogP contribution in [0.25, 0.3) is 16.8 Å². The van der Waals surface area contributed by atoms with Gasteiger partial charge in [0.25, 0.3) is 0 Å². The number of nitrogens with one attached hydrogen (secondary N) is 1. The summed E-state index contributed by atoms with van der Waals surface area (Å²) in [5.74, 6) is 0.583. The number of fused-ring (bicyclic) bond motifs is 1. The summed E-state index contributed by atoms with van der Waals surface area (Å²) in [5.41, 5.74) is 2.57. The molecule has 0 amide bonds. The lowest BCUT2D eigenvalue weighted by Crippen LogP contribution is -2.16. The van der Waals surface area contributed by atoms with Crippen LogP contribution >= 0.6 is 0 Å². The molecule has 3 rings (SSSR count). The number of likely N-dealkylation sites (N-methyl/N-ethyl adjacent to an activating group) is 1. The van der Waals surface area contributed by atoms with Crippen molar-refractivity contribution in [3.8, 4) is 17.1 Å². The number of hydrogen-bond acceptors (Lipinski definition) is 5. The highest BCUT2D eigenvalue weighted by Gasteiger charge is 2.10. The first-order chi connectivity index (χ1) is 9.78. The lowest BCUT2D eigenvalue weighted by molar-refractivity contribution is 0.309. The van der Waals surface area contributed by atoms with Crippen LogP contribution in [0.5, 0.6) is 5.88 Å². The van der Waals surface area contributed by atoms with E-state index in [1.807, 2.05) is 32.6 Å². The van der Waals surface area contributed by atoms with E-state index < -0.39 is 0 Å². The van der Waals surface area contributed by atoms with E-state index in [-0.39, 0.29) is 0 Å². The van der Waals surface area contributed by atoms with Crippen LogP contribution in [-0.4, -0.2) is 44.6 Å². The SMILES string of the molecule is CNCCOc1nc(-c2cnn(C)c2)cn2nccc12. The average Bonchev–Trinajstić information content (AvgIpc) is 3.07. The van der Waals surface area contributed by atoms with E-state index in [0.29, 0.717) is 12.5 Å². The van der Waals surface area contributed by atoms with Crippen molar-refractivity contribution < 1.29 is 4.74 Å². The molecule has 0 radical (unpaired) electrons. The molecule has 0 aromatic carbocycles. The number of hydrogen-bond donors (Lipinski definition) is 1. The Morgan fingerprint density at radius 2 is 2.20 bits per heavy atom. The van der Waals surface area contributed by atoms with Gasteiger partial charge in [0.15, 0.2) is 0 Å². The van der Waals surface area contributed by atoms with E-state index in [9.17, 15) is 0 Å². The van der Waals surface area contributed by atoms with Gasteiger partial charge >= 0.3 is 0 Å². The van der Waals surface area contributed by atoms with Gasteiger partial charge in [0.2, 0.25) is 5.88 Å². The van der Waals surface area contributed by atoms with Crippen LogP contribution in [0.4, 0.5) is 0 Å². The van der Waals surface area contributed by atoms with Crippen molar-refractivity contribution in [2.45, 2.75) is 0 Å². The van der Waals surface area contributed by atoms with Crippen molar-refractivity contribution in [3.63, 3.8) is 0 Å². The minimum atomic E-state index is 0.556. The van der Waals surface area contributed by atoms with Gasteiger partial charge in [-0.25, -0.2) is 9.50 Å². The van der Waals surface area contributed by atoms with Crippen LogP contribution in [0.15, 0.2) is 30.9 Å². The smallest absolute Gasteiger partial charge is 0.240 e. The predicted octanol–water partition coefficient (Wildman–Crippen LogP) is 0.728. The highest BCUT2D eigenvalue weighted by Crippen LogP contribution is 2.23. The summed E-state index contributed by atoms with van der Waals surface area (Å²) in [7, 11) is 3.76. The maximum Gasteiger partial charge on any atom is 0.240 e. The van der Waals surface area contributed by atoms with Crippen LogP contribution in [0.3, 0.4) is 0 Å². The molecule has 0 fully saturated rings. The minimum Gasteiger partial charge on any atom is -0.475 e. The fourth-order valence-corrected chi connectivity index (χ4v) is 1.95. The summed E-state index contributed by atoms with van der Waals surface area (Å²) >= 11 is 0. The quantitative estimate of drug-likeness (QED) is 0.693. The Hall–Kier alpha value is -2.41. The summed E-state index contributed by atoms with van der Waals surface area (Å²) in [6, 6.07) is 1.88. The van der Waals surface area contributed by atoms with Crippen molar-refractivity contribution >= 4 is 5.52 Å². The Morgan fingerprint density at radius 3 is 2.95 bits per heavy atom. The van der Waals surface area contributed by atoms with E-state index in [1.165, 1.54) is 0 Å². The van der Waals surface area contributed by atoms with Gasteiger partial charge in [-0.2, -0.15) is 10.2 Å². The van der Waals surface area contributed by atoms with Crippen molar-refractivity contribution in [3.05, 3.63) is 30.9 Å². The van der Waals surface area contributed by atoms with Gasteiger partial charge in [0.1, 0.15) is 12.1 Å². The Kier molecular flexibility index (Phi) is 3.34. The maximum atomic E-state index is 5.73. The summed E-state index contributed by atoms with van der Waals surface area (Å²) in [6.07, 6.45) is 7.29. The third kappa shape index (κ3) is 2.35. The zero-order chi connectivity index (χ0) is 13.9. The lowest BCUT2D eigenvalue weighted by Gasteiger charge is -2.08. The van der Waals surface area contributed by atoms with E-state index in [1.54, 1.807) is 21.6 Å². The standard InChI is InChI=1S/C13H16N6O/c1-14-5-6-20-13-12-3-4-15-19(12)9-11(17-13)10-7-16-18(2)8-10/h3-4,7-9,14H,5-6H2,1-2H3. The monoisotopic (exact) mass is 272 g/mol. The van der Waals surface area contributed by atoms with E-state index in [0.717, 1.165) is 23.3 Å². The van der Waals surface area contributed by atoms with Crippen LogP contribution in [0, 0.1) is 0 Å². The highest BCUT2D eigenvalue weighted by molar-refractivity contribution is 5.63. The van der Waals surface area contributed by atoms with E-state index in [2.05, 4.69) is 20.5 Å². The Morgan fingerprint density at radius 1 is 1.30 bits per heavy atom. The zero-order valence-corrected chi connectivity index (χ0v) is 11.4. The number of nitrogens with zero attached hydrogens (tertiary/aromatic N) is 5. The van der Waals surface area contributed by atoms with E-state index >= 15 is 0 Å². The maximum absolute atomic E-state index is 5.73. The van der Waals surface area contributed by atoms with Crippen LogP contribution in [0.2, 0.25) is 0 Å². The second-order valence-electron chi connectivity index (χ2n) is 4.45. The number of aryl methyl sites for hydroxylation is 1. The topological polar surface area (TPSA) is 69.3 Å². The first-order valence-corrected chi connectivity index (χ1v) is 6.39. The van der Waals surface area contributed by atoms with Gasteiger partial charge in [-0.15, -0.1) is 0 Å². The normalized spacial score (nSPS) is 11.1. The van der Waals surface area contributed by atoms with E-state index in [4.69, 9.17) is 4.74 Å². The molecule has 0 aliphatic carbocycles. The summed E-state index contributed by atoms with van der Waals surface area (Å²) in [4.78, 5) is 4.56. The lowest BCUT2D eigenvalue weighted by atomic mass is 10.3. The molecule has 20 heavy (non-hydrogen) atoms. The van der Waals surface area contributed by atoms with Crippen molar-refractivity contribution in [1.82, 2.24) is 29.7 Å². The first-order valence-electron chi connectivity index (χ1n) is 6.39. The second-order valence-corrected chi connectivity index (χ2v) is 4.45. The Bertz CT molecular complexity index is 717. The first kappa shape index (κ1) is 12.6. The molecule has 104 valence electrons. The van der Waals surface area contributed by atoms with Crippen LogP contribution in [-0.2, 0) is 7.05 Å². The second kappa shape index (κ2) is 5.30. The zero-order valence-electron chi connectivity index (χ0n) is 11.4.